The van der Waals surface area contributed by atoms with Crippen LogP contribution in [-0.2, 0) is 0 Å². The Hall–Kier alpha value is -0.160. The summed E-state index contributed by atoms with van der Waals surface area (Å²) in [5, 5.41) is 27.7. The lowest BCUT2D eigenvalue weighted by Gasteiger charge is -2.19. The number of fused-ring (bicyclic) bond motifs is 1. The topological polar surface area (TPSA) is 86.7 Å². The van der Waals surface area contributed by atoms with E-state index in [-0.39, 0.29) is 18.6 Å². The smallest absolute Gasteiger partial charge is 0.0958 e. The van der Waals surface area contributed by atoms with Crippen molar-refractivity contribution < 1.29 is 15.3 Å². The molecule has 0 bridgehead atoms. The largest absolute Gasteiger partial charge is 0.396 e. The van der Waals surface area contributed by atoms with Gasteiger partial charge in [0.2, 0.25) is 0 Å². The minimum Gasteiger partial charge on any atom is -0.396 e. The van der Waals surface area contributed by atoms with Gasteiger partial charge in [0.15, 0.2) is 0 Å². The summed E-state index contributed by atoms with van der Waals surface area (Å²) in [5.41, 5.74) is 5.13. The Balaban J connectivity index is 2.21. The average Bonchev–Trinajstić information content (AvgIpc) is 2.71. The van der Waals surface area contributed by atoms with Gasteiger partial charge in [0.05, 0.1) is 18.8 Å². The number of nitrogens with two attached hydrogens (primary N) is 1. The van der Waals surface area contributed by atoms with Gasteiger partial charge < -0.3 is 21.1 Å². The monoisotopic (exact) mass is 159 g/mol. The molecule has 64 valence electrons. The first-order valence-electron chi connectivity index (χ1n) is 3.86. The van der Waals surface area contributed by atoms with Crippen molar-refractivity contribution in [3.63, 3.8) is 0 Å². The second kappa shape index (κ2) is 1.95. The molecule has 0 aliphatic heterocycles. The summed E-state index contributed by atoms with van der Waals surface area (Å²) in [7, 11) is 0. The van der Waals surface area contributed by atoms with Crippen LogP contribution in [0.4, 0.5) is 0 Å². The lowest BCUT2D eigenvalue weighted by molar-refractivity contribution is -0.0227. The fourth-order valence-electron chi connectivity index (χ4n) is 2.27. The molecule has 4 nitrogen and oxygen atoms in total. The maximum atomic E-state index is 9.44. The van der Waals surface area contributed by atoms with Crippen LogP contribution < -0.4 is 5.73 Å². The first-order valence-corrected chi connectivity index (χ1v) is 3.86. The first kappa shape index (κ1) is 7.49. The summed E-state index contributed by atoms with van der Waals surface area (Å²) in [5.74, 6) is 0.123. The molecule has 11 heavy (non-hydrogen) atoms. The fraction of sp³-hybridized carbons (Fsp3) is 1.00. The molecule has 2 aliphatic rings. The average molecular weight is 159 g/mol. The molecule has 0 aromatic heterocycles. The van der Waals surface area contributed by atoms with Gasteiger partial charge >= 0.3 is 0 Å². The van der Waals surface area contributed by atoms with E-state index in [2.05, 4.69) is 0 Å². The van der Waals surface area contributed by atoms with E-state index in [1.165, 1.54) is 0 Å². The van der Waals surface area contributed by atoms with Crippen LogP contribution in [0.1, 0.15) is 6.42 Å². The van der Waals surface area contributed by atoms with Crippen molar-refractivity contribution >= 4 is 0 Å². The van der Waals surface area contributed by atoms with E-state index in [4.69, 9.17) is 10.8 Å². The molecule has 0 saturated heterocycles. The maximum absolute atomic E-state index is 9.44. The van der Waals surface area contributed by atoms with Crippen molar-refractivity contribution in [1.82, 2.24) is 0 Å². The molecule has 4 heteroatoms. The minimum atomic E-state index is -0.846. The van der Waals surface area contributed by atoms with Crippen LogP contribution in [0.25, 0.3) is 0 Å². The van der Waals surface area contributed by atoms with Crippen LogP contribution in [0, 0.1) is 11.3 Å². The maximum Gasteiger partial charge on any atom is 0.0958 e. The number of hydrogen-bond donors (Lipinski definition) is 4. The summed E-state index contributed by atoms with van der Waals surface area (Å²) in [6, 6.07) is -0.350. The van der Waals surface area contributed by atoms with Crippen LogP contribution in [-0.4, -0.2) is 40.2 Å². The lowest BCUT2D eigenvalue weighted by atomic mass is 10.0. The standard InChI is InChI=1S/C7H13NO3/c8-4-3-1-7(3,2-9)6(11)5(4)10/h3-6,9-11H,1-2,8H2/t3-,4-,5-,6+,7+/m1/s1. The Morgan fingerprint density at radius 2 is 2.09 bits per heavy atom. The highest BCUT2D eigenvalue weighted by molar-refractivity contribution is 5.20. The van der Waals surface area contributed by atoms with Gasteiger partial charge in [-0.1, -0.05) is 0 Å². The molecule has 2 saturated carbocycles. The Morgan fingerprint density at radius 3 is 2.36 bits per heavy atom. The van der Waals surface area contributed by atoms with Crippen LogP contribution >= 0.6 is 0 Å². The second-order valence-corrected chi connectivity index (χ2v) is 3.71. The van der Waals surface area contributed by atoms with Crippen LogP contribution in [0.15, 0.2) is 0 Å². The molecule has 5 N–H and O–H groups in total. The Kier molecular flexibility index (Phi) is 1.33. The van der Waals surface area contributed by atoms with E-state index in [1.54, 1.807) is 0 Å². The second-order valence-electron chi connectivity index (χ2n) is 3.71. The molecule has 2 aliphatic carbocycles. The predicted octanol–water partition coefficient (Wildman–Crippen LogP) is -1.95. The summed E-state index contributed by atoms with van der Waals surface area (Å²) < 4.78 is 0. The van der Waals surface area contributed by atoms with Crippen LogP contribution in [0.5, 0.6) is 0 Å². The van der Waals surface area contributed by atoms with E-state index in [1.807, 2.05) is 0 Å². The van der Waals surface area contributed by atoms with E-state index < -0.39 is 17.6 Å². The van der Waals surface area contributed by atoms with Gasteiger partial charge in [0.25, 0.3) is 0 Å². The molecular formula is C7H13NO3. The zero-order valence-electron chi connectivity index (χ0n) is 6.14. The molecule has 5 atom stereocenters. The van der Waals surface area contributed by atoms with Gasteiger partial charge in [-0.15, -0.1) is 0 Å². The van der Waals surface area contributed by atoms with Crippen molar-refractivity contribution in [3.8, 4) is 0 Å². The third kappa shape index (κ3) is 0.679. The van der Waals surface area contributed by atoms with Crippen LogP contribution in [0.3, 0.4) is 0 Å². The van der Waals surface area contributed by atoms with Crippen molar-refractivity contribution in [2.45, 2.75) is 24.7 Å². The summed E-state index contributed by atoms with van der Waals surface area (Å²) in [6.45, 7) is -0.0659. The number of rotatable bonds is 1. The van der Waals surface area contributed by atoms with Gasteiger partial charge in [0, 0.05) is 11.5 Å². The number of aliphatic hydroxyl groups excluding tert-OH is 3. The van der Waals surface area contributed by atoms with E-state index in [9.17, 15) is 10.2 Å². The van der Waals surface area contributed by atoms with Gasteiger partial charge in [-0.3, -0.25) is 0 Å². The lowest BCUT2D eigenvalue weighted by Crippen LogP contribution is -2.40. The third-order valence-electron chi connectivity index (χ3n) is 3.24. The number of hydrogen-bond acceptors (Lipinski definition) is 4. The molecule has 2 rings (SSSR count). The van der Waals surface area contributed by atoms with Gasteiger partial charge in [-0.05, 0) is 12.3 Å². The molecule has 0 unspecified atom stereocenters. The minimum absolute atomic E-state index is 0.0659. The van der Waals surface area contributed by atoms with Crippen molar-refractivity contribution in [2.75, 3.05) is 6.61 Å². The Labute approximate surface area is 64.6 Å². The first-order chi connectivity index (χ1) is 5.13. The Morgan fingerprint density at radius 1 is 1.45 bits per heavy atom. The van der Waals surface area contributed by atoms with Gasteiger partial charge in [0.1, 0.15) is 0 Å². The summed E-state index contributed by atoms with van der Waals surface area (Å²) in [4.78, 5) is 0. The highest BCUT2D eigenvalue weighted by Gasteiger charge is 2.69. The summed E-state index contributed by atoms with van der Waals surface area (Å²) in [6.07, 6.45) is -0.920. The highest BCUT2D eigenvalue weighted by atomic mass is 16.3. The molecule has 0 spiro atoms. The zero-order chi connectivity index (χ0) is 8.22. The molecular weight excluding hydrogens is 146 g/mol. The van der Waals surface area contributed by atoms with Gasteiger partial charge in [-0.25, -0.2) is 0 Å². The van der Waals surface area contributed by atoms with Crippen LogP contribution in [0.2, 0.25) is 0 Å². The fourth-order valence-corrected chi connectivity index (χ4v) is 2.27. The highest BCUT2D eigenvalue weighted by Crippen LogP contribution is 2.62. The van der Waals surface area contributed by atoms with Crippen molar-refractivity contribution in [2.24, 2.45) is 17.1 Å². The quantitative estimate of drug-likeness (QED) is 0.358. The van der Waals surface area contributed by atoms with E-state index >= 15 is 0 Å². The normalized spacial score (nSPS) is 61.1. The summed E-state index contributed by atoms with van der Waals surface area (Å²) >= 11 is 0. The van der Waals surface area contributed by atoms with E-state index in [0.29, 0.717) is 0 Å². The van der Waals surface area contributed by atoms with Crippen molar-refractivity contribution in [3.05, 3.63) is 0 Å². The third-order valence-corrected chi connectivity index (χ3v) is 3.24. The van der Waals surface area contributed by atoms with Gasteiger partial charge in [-0.2, -0.15) is 0 Å². The molecule has 2 fully saturated rings. The predicted molar refractivity (Wildman–Crippen MR) is 37.6 cm³/mol. The zero-order valence-corrected chi connectivity index (χ0v) is 6.14. The molecule has 0 aromatic carbocycles. The molecule has 0 amide bonds. The molecule has 0 radical (unpaired) electrons. The SMILES string of the molecule is N[C@H]1[C@@H](O)[C@H](O)[C@]2(CO)C[C@H]12. The van der Waals surface area contributed by atoms with Crippen molar-refractivity contribution in [1.29, 1.82) is 0 Å². The Bertz CT molecular complexity index is 185. The van der Waals surface area contributed by atoms with E-state index in [0.717, 1.165) is 6.42 Å². The molecule has 0 heterocycles. The number of aliphatic hydroxyl groups is 3. The molecule has 0 aromatic rings.